The van der Waals surface area contributed by atoms with Gasteiger partial charge in [-0.25, -0.2) is 0 Å². The van der Waals surface area contributed by atoms with Crippen LogP contribution in [0.4, 0.5) is 26.3 Å². The van der Waals surface area contributed by atoms with Crippen molar-refractivity contribution in [2.75, 3.05) is 0 Å². The number of halogens is 6. The number of rotatable bonds is 6. The van der Waals surface area contributed by atoms with Crippen LogP contribution >= 0.6 is 0 Å². The SMILES string of the molecule is CC(F)(F)F.CC(F)(F)F.CCCC(CC)C(C)(c1ccccc1O)c1ccccc1O. The number of para-hydroxylation sites is 2. The fourth-order valence-electron chi connectivity index (χ4n) is 3.66. The molecular formula is C24H32F6O2. The van der Waals surface area contributed by atoms with Crippen LogP contribution in [0.1, 0.15) is 65.0 Å². The lowest BCUT2D eigenvalue weighted by atomic mass is 9.64. The molecule has 0 fully saturated rings. The molecule has 0 bridgehead atoms. The maximum absolute atomic E-state index is 10.4. The Morgan fingerprint density at radius 1 is 0.688 bits per heavy atom. The lowest BCUT2D eigenvalue weighted by Gasteiger charge is -2.39. The largest absolute Gasteiger partial charge is 0.508 e. The zero-order valence-corrected chi connectivity index (χ0v) is 19.0. The van der Waals surface area contributed by atoms with Crippen LogP contribution in [0.3, 0.4) is 0 Å². The molecular weight excluding hydrogens is 434 g/mol. The summed E-state index contributed by atoms with van der Waals surface area (Å²) in [6.07, 6.45) is -4.88. The summed E-state index contributed by atoms with van der Waals surface area (Å²) in [7, 11) is 0. The summed E-state index contributed by atoms with van der Waals surface area (Å²) < 4.78 is 62.1. The van der Waals surface area contributed by atoms with E-state index in [9.17, 15) is 36.6 Å². The molecule has 0 saturated heterocycles. The molecule has 2 nitrogen and oxygen atoms in total. The third-order valence-corrected chi connectivity index (χ3v) is 4.87. The molecule has 0 aromatic heterocycles. The highest BCUT2D eigenvalue weighted by molar-refractivity contribution is 5.51. The number of aromatic hydroxyl groups is 2. The van der Waals surface area contributed by atoms with Crippen LogP contribution in [0.5, 0.6) is 11.5 Å². The average molecular weight is 467 g/mol. The lowest BCUT2D eigenvalue weighted by Crippen LogP contribution is -2.33. The molecule has 1 atom stereocenters. The molecule has 0 aliphatic heterocycles. The van der Waals surface area contributed by atoms with E-state index in [4.69, 9.17) is 0 Å². The Balaban J connectivity index is 0.000000805. The Bertz CT molecular complexity index is 730. The van der Waals surface area contributed by atoms with Gasteiger partial charge >= 0.3 is 12.4 Å². The number of hydrogen-bond donors (Lipinski definition) is 2. The summed E-state index contributed by atoms with van der Waals surface area (Å²) in [5, 5.41) is 20.9. The van der Waals surface area contributed by atoms with E-state index in [1.54, 1.807) is 12.1 Å². The van der Waals surface area contributed by atoms with Crippen molar-refractivity contribution in [3.8, 4) is 11.5 Å². The maximum Gasteiger partial charge on any atom is 0.386 e. The van der Waals surface area contributed by atoms with Crippen LogP contribution in [0, 0.1) is 5.92 Å². The summed E-state index contributed by atoms with van der Waals surface area (Å²) in [4.78, 5) is 0. The summed E-state index contributed by atoms with van der Waals surface area (Å²) in [5.74, 6) is 0.935. The molecule has 2 aromatic rings. The predicted octanol–water partition coefficient (Wildman–Crippen LogP) is 8.37. The molecule has 0 radical (unpaired) electrons. The fourth-order valence-corrected chi connectivity index (χ4v) is 3.66. The van der Waals surface area contributed by atoms with E-state index in [2.05, 4.69) is 20.8 Å². The first-order chi connectivity index (χ1) is 14.6. The van der Waals surface area contributed by atoms with Crippen molar-refractivity contribution in [3.05, 3.63) is 59.7 Å². The van der Waals surface area contributed by atoms with Gasteiger partial charge < -0.3 is 10.2 Å². The number of phenols is 2. The fraction of sp³-hybridized carbons (Fsp3) is 0.500. The van der Waals surface area contributed by atoms with Gasteiger partial charge in [0.2, 0.25) is 0 Å². The normalized spacial score (nSPS) is 12.7. The Labute approximate surface area is 185 Å². The van der Waals surface area contributed by atoms with Gasteiger partial charge in [0.05, 0.1) is 0 Å². The lowest BCUT2D eigenvalue weighted by molar-refractivity contribution is -0.111. The summed E-state index contributed by atoms with van der Waals surface area (Å²) in [6, 6.07) is 15.0. The first kappa shape index (κ1) is 29.6. The van der Waals surface area contributed by atoms with Crippen LogP contribution in [0.2, 0.25) is 0 Å². The van der Waals surface area contributed by atoms with Gasteiger partial charge in [-0.15, -0.1) is 0 Å². The molecule has 8 heteroatoms. The quantitative estimate of drug-likeness (QED) is 0.420. The van der Waals surface area contributed by atoms with E-state index in [-0.39, 0.29) is 13.8 Å². The van der Waals surface area contributed by atoms with Gasteiger partial charge in [0, 0.05) is 30.4 Å². The van der Waals surface area contributed by atoms with Gasteiger partial charge in [-0.3, -0.25) is 0 Å². The monoisotopic (exact) mass is 466 g/mol. The maximum atomic E-state index is 10.4. The minimum atomic E-state index is -4.00. The number of alkyl halides is 6. The van der Waals surface area contributed by atoms with E-state index in [1.807, 2.05) is 36.4 Å². The number of benzene rings is 2. The van der Waals surface area contributed by atoms with Crippen molar-refractivity contribution < 1.29 is 36.6 Å². The van der Waals surface area contributed by atoms with E-state index in [0.29, 0.717) is 17.4 Å². The molecule has 0 aliphatic rings. The average Bonchev–Trinajstić information content (AvgIpc) is 2.63. The minimum Gasteiger partial charge on any atom is -0.508 e. The Kier molecular flexibility index (Phi) is 11.7. The second-order valence-corrected chi connectivity index (χ2v) is 7.69. The molecule has 182 valence electrons. The van der Waals surface area contributed by atoms with E-state index in [1.165, 1.54) is 0 Å². The highest BCUT2D eigenvalue weighted by Crippen LogP contribution is 2.48. The second-order valence-electron chi connectivity index (χ2n) is 7.69. The predicted molar refractivity (Wildman–Crippen MR) is 115 cm³/mol. The zero-order valence-electron chi connectivity index (χ0n) is 19.0. The van der Waals surface area contributed by atoms with Crippen molar-refractivity contribution >= 4 is 0 Å². The van der Waals surface area contributed by atoms with E-state index in [0.717, 1.165) is 30.4 Å². The topological polar surface area (TPSA) is 40.5 Å². The molecule has 2 rings (SSSR count). The van der Waals surface area contributed by atoms with Crippen molar-refractivity contribution in [1.82, 2.24) is 0 Å². The van der Waals surface area contributed by atoms with Gasteiger partial charge in [0.25, 0.3) is 0 Å². The Morgan fingerprint density at radius 3 is 1.25 bits per heavy atom. The molecule has 32 heavy (non-hydrogen) atoms. The third kappa shape index (κ3) is 10.8. The summed E-state index contributed by atoms with van der Waals surface area (Å²) in [6.45, 7) is 6.87. The molecule has 0 saturated carbocycles. The smallest absolute Gasteiger partial charge is 0.386 e. The molecule has 0 heterocycles. The summed E-state index contributed by atoms with van der Waals surface area (Å²) >= 11 is 0. The van der Waals surface area contributed by atoms with E-state index >= 15 is 0 Å². The second kappa shape index (κ2) is 12.6. The molecule has 2 aromatic carbocycles. The molecule has 1 unspecified atom stereocenters. The van der Waals surface area contributed by atoms with Gasteiger partial charge in [-0.05, 0) is 24.5 Å². The van der Waals surface area contributed by atoms with Crippen LogP contribution in [-0.4, -0.2) is 22.6 Å². The minimum absolute atomic E-state index is 0.188. The van der Waals surface area contributed by atoms with Crippen LogP contribution in [0.15, 0.2) is 48.5 Å². The molecule has 2 N–H and O–H groups in total. The van der Waals surface area contributed by atoms with Crippen molar-refractivity contribution in [3.63, 3.8) is 0 Å². The van der Waals surface area contributed by atoms with E-state index < -0.39 is 17.8 Å². The van der Waals surface area contributed by atoms with Crippen molar-refractivity contribution in [2.24, 2.45) is 5.92 Å². The highest BCUT2D eigenvalue weighted by Gasteiger charge is 2.39. The van der Waals surface area contributed by atoms with Gasteiger partial charge in [0.1, 0.15) is 11.5 Å². The Morgan fingerprint density at radius 2 is 1.00 bits per heavy atom. The third-order valence-electron chi connectivity index (χ3n) is 4.87. The van der Waals surface area contributed by atoms with Crippen molar-refractivity contribution in [2.45, 2.75) is 71.6 Å². The van der Waals surface area contributed by atoms with Gasteiger partial charge in [0.15, 0.2) is 0 Å². The van der Waals surface area contributed by atoms with Crippen LogP contribution in [-0.2, 0) is 5.41 Å². The standard InChI is InChI=1S/C20H26O2.2C2H3F3/c1-4-10-15(5-2)20(3,16-11-6-8-13-18(16)21)17-12-7-9-14-19(17)22;2*1-2(3,4)5/h6-9,11-15,21-22H,4-5,10H2,1-3H3;2*1H3. The van der Waals surface area contributed by atoms with Crippen LogP contribution in [0.25, 0.3) is 0 Å². The number of phenolic OH excluding ortho intramolecular Hbond substituents is 2. The summed E-state index contributed by atoms with van der Waals surface area (Å²) in [5.41, 5.74) is 1.36. The van der Waals surface area contributed by atoms with Crippen LogP contribution < -0.4 is 0 Å². The zero-order chi connectivity index (χ0) is 25.2. The van der Waals surface area contributed by atoms with Crippen molar-refractivity contribution in [1.29, 1.82) is 0 Å². The number of hydrogen-bond acceptors (Lipinski definition) is 2. The van der Waals surface area contributed by atoms with Gasteiger partial charge in [-0.1, -0.05) is 70.0 Å². The molecule has 0 amide bonds. The molecule has 0 aliphatic carbocycles. The first-order valence-corrected chi connectivity index (χ1v) is 10.3. The Hall–Kier alpha value is -2.38. The highest BCUT2D eigenvalue weighted by atomic mass is 19.4. The first-order valence-electron chi connectivity index (χ1n) is 10.3. The van der Waals surface area contributed by atoms with Gasteiger partial charge in [-0.2, -0.15) is 26.3 Å². The molecule has 0 spiro atoms.